The van der Waals surface area contributed by atoms with Gasteiger partial charge in [-0.25, -0.2) is 4.39 Å². The van der Waals surface area contributed by atoms with Crippen LogP contribution in [0.15, 0.2) is 24.3 Å². The van der Waals surface area contributed by atoms with E-state index in [9.17, 15) is 9.18 Å². The maximum atomic E-state index is 13.1. The van der Waals surface area contributed by atoms with Gasteiger partial charge in [0.2, 0.25) is 5.91 Å². The standard InChI is InChI=1S/C15H21FN2O/c1-11-5-6-18(10-13(11)9-17)15(19)8-12-3-2-4-14(16)7-12/h2-4,7,11,13H,5-6,8-10,17H2,1H3. The zero-order chi connectivity index (χ0) is 13.8. The Labute approximate surface area is 113 Å². The summed E-state index contributed by atoms with van der Waals surface area (Å²) in [5.74, 6) is 0.724. The summed E-state index contributed by atoms with van der Waals surface area (Å²) in [5, 5.41) is 0. The minimum absolute atomic E-state index is 0.0657. The molecule has 0 radical (unpaired) electrons. The summed E-state index contributed by atoms with van der Waals surface area (Å²) in [6.45, 7) is 4.31. The lowest BCUT2D eigenvalue weighted by Gasteiger charge is -2.36. The van der Waals surface area contributed by atoms with Gasteiger partial charge in [-0.05, 0) is 42.5 Å². The zero-order valence-corrected chi connectivity index (χ0v) is 11.3. The summed E-state index contributed by atoms with van der Waals surface area (Å²) < 4.78 is 13.1. The Kier molecular flexibility index (Phi) is 4.53. The van der Waals surface area contributed by atoms with Crippen molar-refractivity contribution in [2.75, 3.05) is 19.6 Å². The fourth-order valence-electron chi connectivity index (χ4n) is 2.62. The van der Waals surface area contributed by atoms with Crippen molar-refractivity contribution in [1.29, 1.82) is 0 Å². The maximum Gasteiger partial charge on any atom is 0.227 e. The largest absolute Gasteiger partial charge is 0.342 e. The second-order valence-electron chi connectivity index (χ2n) is 5.41. The highest BCUT2D eigenvalue weighted by atomic mass is 19.1. The van der Waals surface area contributed by atoms with Crippen LogP contribution in [0.1, 0.15) is 18.9 Å². The molecule has 2 rings (SSSR count). The third-order valence-corrected chi connectivity index (χ3v) is 4.01. The van der Waals surface area contributed by atoms with Gasteiger partial charge in [0.15, 0.2) is 0 Å². The molecule has 2 N–H and O–H groups in total. The molecule has 1 fully saturated rings. The number of hydrogen-bond acceptors (Lipinski definition) is 2. The van der Waals surface area contributed by atoms with Crippen molar-refractivity contribution >= 4 is 5.91 Å². The third-order valence-electron chi connectivity index (χ3n) is 4.01. The van der Waals surface area contributed by atoms with E-state index in [1.165, 1.54) is 12.1 Å². The van der Waals surface area contributed by atoms with Gasteiger partial charge in [0.25, 0.3) is 0 Å². The van der Waals surface area contributed by atoms with Crippen molar-refractivity contribution in [3.63, 3.8) is 0 Å². The normalized spacial score (nSPS) is 23.4. The molecule has 2 unspecified atom stereocenters. The van der Waals surface area contributed by atoms with Crippen molar-refractivity contribution in [2.45, 2.75) is 19.8 Å². The molecule has 1 aliphatic rings. The first-order chi connectivity index (χ1) is 9.10. The van der Waals surface area contributed by atoms with E-state index in [1.807, 2.05) is 4.90 Å². The number of carbonyl (C=O) groups is 1. The first kappa shape index (κ1) is 14.0. The molecule has 2 atom stereocenters. The van der Waals surface area contributed by atoms with Gasteiger partial charge in [0.05, 0.1) is 6.42 Å². The van der Waals surface area contributed by atoms with E-state index in [2.05, 4.69) is 6.92 Å². The Bertz CT molecular complexity index is 450. The van der Waals surface area contributed by atoms with E-state index in [0.29, 0.717) is 18.4 Å². The lowest BCUT2D eigenvalue weighted by Crippen LogP contribution is -2.46. The second kappa shape index (κ2) is 6.15. The summed E-state index contributed by atoms with van der Waals surface area (Å²) >= 11 is 0. The minimum atomic E-state index is -0.294. The van der Waals surface area contributed by atoms with Gasteiger partial charge in [-0.2, -0.15) is 0 Å². The van der Waals surface area contributed by atoms with Crippen LogP contribution >= 0.6 is 0 Å². The second-order valence-corrected chi connectivity index (χ2v) is 5.41. The van der Waals surface area contributed by atoms with Gasteiger partial charge in [0.1, 0.15) is 5.82 Å². The van der Waals surface area contributed by atoms with Crippen LogP contribution in [-0.4, -0.2) is 30.4 Å². The Morgan fingerprint density at radius 1 is 1.53 bits per heavy atom. The monoisotopic (exact) mass is 264 g/mol. The number of piperidine rings is 1. The fraction of sp³-hybridized carbons (Fsp3) is 0.533. The average molecular weight is 264 g/mol. The molecule has 1 aromatic carbocycles. The van der Waals surface area contributed by atoms with Crippen molar-refractivity contribution < 1.29 is 9.18 Å². The van der Waals surface area contributed by atoms with Crippen LogP contribution in [0, 0.1) is 17.7 Å². The van der Waals surface area contributed by atoms with Crippen LogP contribution in [0.5, 0.6) is 0 Å². The Morgan fingerprint density at radius 2 is 2.32 bits per heavy atom. The summed E-state index contributed by atoms with van der Waals surface area (Å²) in [5.41, 5.74) is 6.47. The van der Waals surface area contributed by atoms with Gasteiger partial charge < -0.3 is 10.6 Å². The SMILES string of the molecule is CC1CCN(C(=O)Cc2cccc(F)c2)CC1CN. The maximum absolute atomic E-state index is 13.1. The predicted octanol–water partition coefficient (Wildman–Crippen LogP) is 1.81. The van der Waals surface area contributed by atoms with Crippen molar-refractivity contribution in [1.82, 2.24) is 4.90 Å². The zero-order valence-electron chi connectivity index (χ0n) is 11.3. The van der Waals surface area contributed by atoms with Crippen LogP contribution in [0.25, 0.3) is 0 Å². The molecule has 1 heterocycles. The molecule has 0 aromatic heterocycles. The number of amides is 1. The highest BCUT2D eigenvalue weighted by Gasteiger charge is 2.27. The quantitative estimate of drug-likeness (QED) is 0.905. The van der Waals surface area contributed by atoms with E-state index < -0.39 is 0 Å². The van der Waals surface area contributed by atoms with E-state index in [0.717, 1.165) is 25.1 Å². The summed E-state index contributed by atoms with van der Waals surface area (Å²) in [7, 11) is 0. The highest BCUT2D eigenvalue weighted by molar-refractivity contribution is 5.78. The molecule has 3 nitrogen and oxygen atoms in total. The lowest BCUT2D eigenvalue weighted by atomic mass is 9.87. The highest BCUT2D eigenvalue weighted by Crippen LogP contribution is 2.22. The summed E-state index contributed by atoms with van der Waals surface area (Å²) in [6.07, 6.45) is 1.26. The molecule has 1 saturated heterocycles. The van der Waals surface area contributed by atoms with Gasteiger partial charge >= 0.3 is 0 Å². The van der Waals surface area contributed by atoms with E-state index in [-0.39, 0.29) is 18.1 Å². The van der Waals surface area contributed by atoms with Crippen LogP contribution in [0.4, 0.5) is 4.39 Å². The van der Waals surface area contributed by atoms with Crippen molar-refractivity contribution in [3.05, 3.63) is 35.6 Å². The van der Waals surface area contributed by atoms with E-state index in [1.54, 1.807) is 12.1 Å². The number of nitrogens with zero attached hydrogens (tertiary/aromatic N) is 1. The van der Waals surface area contributed by atoms with Crippen LogP contribution in [-0.2, 0) is 11.2 Å². The first-order valence-electron chi connectivity index (χ1n) is 6.82. The van der Waals surface area contributed by atoms with Gasteiger partial charge in [-0.3, -0.25) is 4.79 Å². The molecule has 0 aliphatic carbocycles. The van der Waals surface area contributed by atoms with E-state index >= 15 is 0 Å². The van der Waals surface area contributed by atoms with Crippen LogP contribution < -0.4 is 5.73 Å². The molecule has 0 bridgehead atoms. The number of nitrogens with two attached hydrogens (primary N) is 1. The summed E-state index contributed by atoms with van der Waals surface area (Å²) in [6, 6.07) is 6.23. The molecule has 1 aliphatic heterocycles. The Hall–Kier alpha value is -1.42. The molecule has 4 heteroatoms. The minimum Gasteiger partial charge on any atom is -0.342 e. The lowest BCUT2D eigenvalue weighted by molar-refractivity contribution is -0.132. The number of likely N-dealkylation sites (tertiary alicyclic amines) is 1. The molecule has 19 heavy (non-hydrogen) atoms. The summed E-state index contributed by atoms with van der Waals surface area (Å²) in [4.78, 5) is 14.1. The number of carbonyl (C=O) groups excluding carboxylic acids is 1. The number of benzene rings is 1. The van der Waals surface area contributed by atoms with Crippen LogP contribution in [0.3, 0.4) is 0 Å². The Balaban J connectivity index is 1.97. The molecule has 0 spiro atoms. The van der Waals surface area contributed by atoms with E-state index in [4.69, 9.17) is 5.73 Å². The van der Waals surface area contributed by atoms with Crippen molar-refractivity contribution in [3.8, 4) is 0 Å². The number of hydrogen-bond donors (Lipinski definition) is 1. The fourth-order valence-corrected chi connectivity index (χ4v) is 2.62. The van der Waals surface area contributed by atoms with Crippen LogP contribution in [0.2, 0.25) is 0 Å². The predicted molar refractivity (Wildman–Crippen MR) is 73.0 cm³/mol. The third kappa shape index (κ3) is 3.53. The average Bonchev–Trinajstić information content (AvgIpc) is 2.39. The topological polar surface area (TPSA) is 46.3 Å². The molecular formula is C15H21FN2O. The van der Waals surface area contributed by atoms with Crippen molar-refractivity contribution in [2.24, 2.45) is 17.6 Å². The smallest absolute Gasteiger partial charge is 0.227 e. The van der Waals surface area contributed by atoms with Gasteiger partial charge in [-0.15, -0.1) is 0 Å². The van der Waals surface area contributed by atoms with Gasteiger partial charge in [-0.1, -0.05) is 19.1 Å². The molecular weight excluding hydrogens is 243 g/mol. The molecule has 1 amide bonds. The number of halogens is 1. The molecule has 1 aromatic rings. The Morgan fingerprint density at radius 3 is 3.00 bits per heavy atom. The number of rotatable bonds is 3. The molecule has 0 saturated carbocycles. The molecule has 104 valence electrons. The van der Waals surface area contributed by atoms with Gasteiger partial charge in [0, 0.05) is 13.1 Å². The first-order valence-corrected chi connectivity index (χ1v) is 6.82.